The van der Waals surface area contributed by atoms with Crippen LogP contribution in [0.5, 0.6) is 0 Å². The molecule has 0 aliphatic heterocycles. The quantitative estimate of drug-likeness (QED) is 0.213. The maximum atomic E-state index is 9.38. The van der Waals surface area contributed by atoms with Crippen LogP contribution in [0.4, 0.5) is 0 Å². The molecule has 0 atom stereocenters. The van der Waals surface area contributed by atoms with Gasteiger partial charge in [-0.1, -0.05) is 133 Å². The molecule has 1 aliphatic carbocycles. The van der Waals surface area contributed by atoms with Gasteiger partial charge in [-0.3, -0.25) is 0 Å². The van der Waals surface area contributed by atoms with Crippen molar-refractivity contribution < 1.29 is 0 Å². The lowest BCUT2D eigenvalue weighted by Crippen LogP contribution is -1.93. The first kappa shape index (κ1) is 24.6. The van der Waals surface area contributed by atoms with Crippen LogP contribution >= 0.6 is 0 Å². The molecule has 0 aromatic heterocycles. The molecule has 8 aromatic carbocycles. The first-order valence-corrected chi connectivity index (χ1v) is 15.0. The molecule has 44 heavy (non-hydrogen) atoms. The number of nitriles is 1. The molecular formula is C43H25N. The number of nitrogens with zero attached hydrogens (tertiary/aromatic N) is 1. The number of fused-ring (bicyclic) bond motifs is 5. The summed E-state index contributed by atoms with van der Waals surface area (Å²) < 4.78 is 0. The third-order valence-electron chi connectivity index (χ3n) is 9.20. The highest BCUT2D eigenvalue weighted by molar-refractivity contribution is 6.28. The van der Waals surface area contributed by atoms with Gasteiger partial charge in [-0.05, 0) is 106 Å². The highest BCUT2D eigenvalue weighted by Crippen LogP contribution is 2.58. The van der Waals surface area contributed by atoms with Gasteiger partial charge in [0, 0.05) is 0 Å². The minimum atomic E-state index is 0.684. The van der Waals surface area contributed by atoms with Crippen LogP contribution in [0, 0.1) is 11.3 Å². The summed E-state index contributed by atoms with van der Waals surface area (Å²) in [5, 5.41) is 16.7. The molecule has 1 aliphatic rings. The fourth-order valence-corrected chi connectivity index (χ4v) is 7.34. The molecule has 8 aromatic rings. The normalized spacial score (nSPS) is 11.6. The van der Waals surface area contributed by atoms with Gasteiger partial charge in [0.2, 0.25) is 0 Å². The SMILES string of the molecule is N#Cc1ccc2cc(-c3ccc4c5c(cccc35)-c3c-4c(-c4ccccc4)c4ccccc4c3-c3ccccc3)ccc2c1. The lowest BCUT2D eigenvalue weighted by atomic mass is 9.82. The maximum absolute atomic E-state index is 9.38. The molecule has 1 heteroatoms. The van der Waals surface area contributed by atoms with Gasteiger partial charge < -0.3 is 0 Å². The minimum Gasteiger partial charge on any atom is -0.192 e. The van der Waals surface area contributed by atoms with Crippen molar-refractivity contribution in [2.24, 2.45) is 0 Å². The molecule has 0 heterocycles. The number of hydrogen-bond acceptors (Lipinski definition) is 1. The summed E-state index contributed by atoms with van der Waals surface area (Å²) in [4.78, 5) is 0. The van der Waals surface area contributed by atoms with Crippen molar-refractivity contribution in [3.8, 4) is 61.7 Å². The van der Waals surface area contributed by atoms with E-state index in [2.05, 4.69) is 146 Å². The van der Waals surface area contributed by atoms with E-state index in [4.69, 9.17) is 0 Å². The van der Waals surface area contributed by atoms with Gasteiger partial charge in [0.05, 0.1) is 11.6 Å². The standard InChI is InChI=1S/C43H25N/c44-26-27-18-19-31-25-32(21-20-30(31)24-27)33-22-23-38-41-34(33)16-9-17-37(41)42-39(28-10-3-1-4-11-28)35-14-7-8-15-36(35)40(43(38)42)29-12-5-2-6-13-29/h1-25H. The summed E-state index contributed by atoms with van der Waals surface area (Å²) >= 11 is 0. The van der Waals surface area contributed by atoms with E-state index >= 15 is 0 Å². The van der Waals surface area contributed by atoms with Crippen molar-refractivity contribution >= 4 is 32.3 Å². The second kappa shape index (κ2) is 9.53. The second-order valence-corrected chi connectivity index (χ2v) is 11.6. The van der Waals surface area contributed by atoms with Gasteiger partial charge in [0.25, 0.3) is 0 Å². The Morgan fingerprint density at radius 3 is 1.57 bits per heavy atom. The van der Waals surface area contributed by atoms with Crippen LogP contribution < -0.4 is 0 Å². The highest BCUT2D eigenvalue weighted by Gasteiger charge is 2.31. The van der Waals surface area contributed by atoms with Crippen LogP contribution in [-0.4, -0.2) is 0 Å². The Bertz CT molecular complexity index is 2390. The van der Waals surface area contributed by atoms with Crippen molar-refractivity contribution in [1.82, 2.24) is 0 Å². The van der Waals surface area contributed by atoms with Crippen LogP contribution in [0.15, 0.2) is 152 Å². The van der Waals surface area contributed by atoms with Crippen molar-refractivity contribution in [1.29, 1.82) is 5.26 Å². The van der Waals surface area contributed by atoms with Crippen LogP contribution in [0.25, 0.3) is 88.0 Å². The van der Waals surface area contributed by atoms with E-state index in [1.54, 1.807) is 0 Å². The number of rotatable bonds is 3. The predicted molar refractivity (Wildman–Crippen MR) is 184 cm³/mol. The van der Waals surface area contributed by atoms with E-state index in [9.17, 15) is 5.26 Å². The van der Waals surface area contributed by atoms with Crippen molar-refractivity contribution in [3.63, 3.8) is 0 Å². The molecule has 1 nitrogen and oxygen atoms in total. The zero-order valence-electron chi connectivity index (χ0n) is 23.9. The monoisotopic (exact) mass is 555 g/mol. The van der Waals surface area contributed by atoms with Crippen LogP contribution in [0.2, 0.25) is 0 Å². The smallest absolute Gasteiger partial charge is 0.0991 e. The third kappa shape index (κ3) is 3.52. The molecule has 0 fully saturated rings. The molecule has 0 saturated carbocycles. The fourth-order valence-electron chi connectivity index (χ4n) is 7.34. The van der Waals surface area contributed by atoms with E-state index in [-0.39, 0.29) is 0 Å². The van der Waals surface area contributed by atoms with Gasteiger partial charge in [-0.25, -0.2) is 0 Å². The number of benzene rings is 8. The Hall–Kier alpha value is -5.97. The molecule has 0 bridgehead atoms. The molecule has 0 radical (unpaired) electrons. The molecule has 0 saturated heterocycles. The Morgan fingerprint density at radius 2 is 0.909 bits per heavy atom. The molecule has 0 unspecified atom stereocenters. The first-order chi connectivity index (χ1) is 21.8. The number of hydrogen-bond donors (Lipinski definition) is 0. The molecule has 0 N–H and O–H groups in total. The van der Waals surface area contributed by atoms with Gasteiger partial charge in [0.1, 0.15) is 0 Å². The van der Waals surface area contributed by atoms with Gasteiger partial charge in [-0.15, -0.1) is 0 Å². The molecule has 0 spiro atoms. The largest absolute Gasteiger partial charge is 0.192 e. The van der Waals surface area contributed by atoms with Gasteiger partial charge >= 0.3 is 0 Å². The lowest BCUT2D eigenvalue weighted by Gasteiger charge is -2.20. The summed E-state index contributed by atoms with van der Waals surface area (Å²) in [5.74, 6) is 0. The third-order valence-corrected chi connectivity index (χ3v) is 9.20. The van der Waals surface area contributed by atoms with Crippen LogP contribution in [0.3, 0.4) is 0 Å². The van der Waals surface area contributed by atoms with Crippen LogP contribution in [-0.2, 0) is 0 Å². The van der Waals surface area contributed by atoms with E-state index in [1.807, 2.05) is 12.1 Å². The average Bonchev–Trinajstić information content (AvgIpc) is 3.42. The topological polar surface area (TPSA) is 23.8 Å². The zero-order chi connectivity index (χ0) is 29.2. The lowest BCUT2D eigenvalue weighted by molar-refractivity contribution is 1.50. The molecule has 9 rings (SSSR count). The van der Waals surface area contributed by atoms with Crippen molar-refractivity contribution in [2.75, 3.05) is 0 Å². The van der Waals surface area contributed by atoms with Crippen molar-refractivity contribution in [3.05, 3.63) is 157 Å². The minimum absolute atomic E-state index is 0.684. The summed E-state index contributed by atoms with van der Waals surface area (Å²) in [7, 11) is 0. The van der Waals surface area contributed by atoms with E-state index < -0.39 is 0 Å². The molecule has 202 valence electrons. The Kier molecular flexibility index (Phi) is 5.33. The first-order valence-electron chi connectivity index (χ1n) is 15.0. The van der Waals surface area contributed by atoms with Crippen LogP contribution in [0.1, 0.15) is 5.56 Å². The summed E-state index contributed by atoms with van der Waals surface area (Å²) in [6.07, 6.45) is 0. The Balaban J connectivity index is 1.40. The maximum Gasteiger partial charge on any atom is 0.0991 e. The average molecular weight is 556 g/mol. The fraction of sp³-hybridized carbons (Fsp3) is 0. The van der Waals surface area contributed by atoms with Gasteiger partial charge in [0.15, 0.2) is 0 Å². The predicted octanol–water partition coefficient (Wildman–Crippen LogP) is 11.7. The van der Waals surface area contributed by atoms with Crippen molar-refractivity contribution in [2.45, 2.75) is 0 Å². The second-order valence-electron chi connectivity index (χ2n) is 11.6. The molecule has 0 amide bonds. The van der Waals surface area contributed by atoms with E-state index in [0.717, 1.165) is 10.8 Å². The summed E-state index contributed by atoms with van der Waals surface area (Å²) in [5.41, 5.74) is 13.3. The Morgan fingerprint density at radius 1 is 0.364 bits per heavy atom. The van der Waals surface area contributed by atoms with E-state index in [0.29, 0.717) is 5.56 Å². The van der Waals surface area contributed by atoms with Gasteiger partial charge in [-0.2, -0.15) is 5.26 Å². The summed E-state index contributed by atoms with van der Waals surface area (Å²) in [6, 6.07) is 56.8. The Labute approximate surface area is 255 Å². The van der Waals surface area contributed by atoms with E-state index in [1.165, 1.54) is 77.2 Å². The zero-order valence-corrected chi connectivity index (χ0v) is 23.9. The summed E-state index contributed by atoms with van der Waals surface area (Å²) in [6.45, 7) is 0. The highest BCUT2D eigenvalue weighted by atomic mass is 14.3. The molecular weight excluding hydrogens is 530 g/mol.